The number of hydrogen-bond acceptors (Lipinski definition) is 3. The summed E-state index contributed by atoms with van der Waals surface area (Å²) < 4.78 is 16.1. The van der Waals surface area contributed by atoms with E-state index in [0.717, 1.165) is 10.8 Å². The van der Waals surface area contributed by atoms with E-state index in [4.69, 9.17) is 14.2 Å². The molecule has 0 unspecified atom stereocenters. The molecule has 1 fully saturated rings. The largest absolute Gasteiger partial charge is 0.441 e. The van der Waals surface area contributed by atoms with E-state index in [9.17, 15) is 0 Å². The van der Waals surface area contributed by atoms with Gasteiger partial charge in [-0.15, -0.1) is 0 Å². The van der Waals surface area contributed by atoms with Gasteiger partial charge in [-0.3, -0.25) is 0 Å². The number of ether oxygens (including phenoxy) is 3. The minimum atomic E-state index is -0.607. The molecule has 0 aromatic heterocycles. The lowest BCUT2D eigenvalue weighted by atomic mass is 10.0. The first-order valence-corrected chi connectivity index (χ1v) is 6.63. The Kier molecular flexibility index (Phi) is 2.80. The van der Waals surface area contributed by atoms with Crippen LogP contribution in [0.5, 0.6) is 5.75 Å². The Hall–Kier alpha value is -2.10. The van der Waals surface area contributed by atoms with Gasteiger partial charge in [0.25, 0.3) is 0 Å². The summed E-state index contributed by atoms with van der Waals surface area (Å²) in [6.45, 7) is 0.537. The van der Waals surface area contributed by atoms with E-state index in [2.05, 4.69) is 30.3 Å². The number of hydrogen-bond donors (Lipinski definition) is 0. The molecule has 3 aromatic rings. The highest BCUT2D eigenvalue weighted by Gasteiger charge is 2.17. The van der Waals surface area contributed by atoms with Gasteiger partial charge in [0.15, 0.2) is 0 Å². The maximum atomic E-state index is 5.60. The third-order valence-corrected chi connectivity index (χ3v) is 3.40. The normalized spacial score (nSPS) is 16.0. The average Bonchev–Trinajstić information content (AvgIpc) is 2.98. The third kappa shape index (κ3) is 2.11. The van der Waals surface area contributed by atoms with Crippen molar-refractivity contribution in [2.45, 2.75) is 6.48 Å². The lowest BCUT2D eigenvalue weighted by Crippen LogP contribution is -2.16. The van der Waals surface area contributed by atoms with Gasteiger partial charge < -0.3 is 14.2 Å². The number of benzene rings is 3. The second-order valence-electron chi connectivity index (χ2n) is 4.76. The Morgan fingerprint density at radius 2 is 1.65 bits per heavy atom. The molecule has 0 atom stereocenters. The topological polar surface area (TPSA) is 27.7 Å². The highest BCUT2D eigenvalue weighted by Crippen LogP contribution is 2.26. The van der Waals surface area contributed by atoms with Crippen LogP contribution in [0.25, 0.3) is 21.5 Å². The number of fused-ring (bicyclic) bond motifs is 2. The van der Waals surface area contributed by atoms with Crippen LogP contribution in [0.2, 0.25) is 0 Å². The maximum absolute atomic E-state index is 5.60. The van der Waals surface area contributed by atoms with Crippen LogP contribution < -0.4 is 4.74 Å². The van der Waals surface area contributed by atoms with E-state index in [-0.39, 0.29) is 0 Å². The summed E-state index contributed by atoms with van der Waals surface area (Å²) in [5.74, 6) is 0.639. The Balaban J connectivity index is 1.75. The summed E-state index contributed by atoms with van der Waals surface area (Å²) >= 11 is 0. The molecule has 1 aliphatic rings. The minimum absolute atomic E-state index is 0.572. The SMILES string of the molecule is [c]1c(OC2OCCO2)ccc2cc3ccccc3cc12. The lowest BCUT2D eigenvalue weighted by molar-refractivity contribution is -0.176. The van der Waals surface area contributed by atoms with Gasteiger partial charge in [-0.1, -0.05) is 30.3 Å². The van der Waals surface area contributed by atoms with Gasteiger partial charge in [0, 0.05) is 6.07 Å². The standard InChI is InChI=1S/C17H13O3/c1-2-4-13-10-15-11-16(20-17-18-7-8-19-17)6-5-14(15)9-12(13)3-1/h1-6,9-10,17H,7-8H2. The highest BCUT2D eigenvalue weighted by atomic mass is 16.9. The fourth-order valence-corrected chi connectivity index (χ4v) is 2.42. The van der Waals surface area contributed by atoms with E-state index < -0.39 is 6.48 Å². The minimum Gasteiger partial charge on any atom is -0.441 e. The summed E-state index contributed by atoms with van der Waals surface area (Å²) in [6.07, 6.45) is 0. The fraction of sp³-hybridized carbons (Fsp3) is 0.176. The molecule has 1 heterocycles. The lowest BCUT2D eigenvalue weighted by Gasteiger charge is -2.12. The summed E-state index contributed by atoms with van der Waals surface area (Å²) in [4.78, 5) is 0. The van der Waals surface area contributed by atoms with Crippen LogP contribution in [0.4, 0.5) is 0 Å². The van der Waals surface area contributed by atoms with Crippen LogP contribution in [0, 0.1) is 6.07 Å². The van der Waals surface area contributed by atoms with Gasteiger partial charge in [0.1, 0.15) is 5.75 Å². The van der Waals surface area contributed by atoms with Crippen molar-refractivity contribution in [1.82, 2.24) is 0 Å². The van der Waals surface area contributed by atoms with Crippen LogP contribution >= 0.6 is 0 Å². The second kappa shape index (κ2) is 4.78. The first kappa shape index (κ1) is 11.7. The molecule has 3 nitrogen and oxygen atoms in total. The second-order valence-corrected chi connectivity index (χ2v) is 4.76. The average molecular weight is 265 g/mol. The molecule has 0 spiro atoms. The van der Waals surface area contributed by atoms with Crippen LogP contribution in [0.1, 0.15) is 0 Å². The van der Waals surface area contributed by atoms with Crippen LogP contribution in [0.3, 0.4) is 0 Å². The van der Waals surface area contributed by atoms with E-state index in [0.29, 0.717) is 19.0 Å². The molecule has 0 amide bonds. The van der Waals surface area contributed by atoms with Crippen LogP contribution in [-0.4, -0.2) is 19.7 Å². The summed E-state index contributed by atoms with van der Waals surface area (Å²) in [5, 5.41) is 4.59. The van der Waals surface area contributed by atoms with Gasteiger partial charge in [-0.25, -0.2) is 0 Å². The number of rotatable bonds is 2. The van der Waals surface area contributed by atoms with Crippen molar-refractivity contribution >= 4 is 21.5 Å². The first-order valence-electron chi connectivity index (χ1n) is 6.63. The van der Waals surface area contributed by atoms with Gasteiger partial charge in [0.2, 0.25) is 0 Å². The predicted molar refractivity (Wildman–Crippen MR) is 76.6 cm³/mol. The third-order valence-electron chi connectivity index (χ3n) is 3.40. The molecule has 0 N–H and O–H groups in total. The van der Waals surface area contributed by atoms with Crippen molar-refractivity contribution < 1.29 is 14.2 Å². The molecule has 1 saturated heterocycles. The molecule has 0 bridgehead atoms. The Labute approximate surface area is 116 Å². The van der Waals surface area contributed by atoms with Crippen molar-refractivity contribution in [3.05, 3.63) is 54.6 Å². The van der Waals surface area contributed by atoms with Crippen LogP contribution in [0.15, 0.2) is 48.5 Å². The fourth-order valence-electron chi connectivity index (χ4n) is 2.42. The maximum Gasteiger partial charge on any atom is 0.316 e. The zero-order valence-corrected chi connectivity index (χ0v) is 10.8. The van der Waals surface area contributed by atoms with Crippen LogP contribution in [-0.2, 0) is 9.47 Å². The first-order chi connectivity index (χ1) is 9.88. The highest BCUT2D eigenvalue weighted by molar-refractivity contribution is 5.98. The van der Waals surface area contributed by atoms with E-state index in [1.165, 1.54) is 10.8 Å². The van der Waals surface area contributed by atoms with E-state index in [1.807, 2.05) is 24.3 Å². The molecule has 3 heteroatoms. The molecular formula is C17H13O3. The molecule has 4 rings (SSSR count). The van der Waals surface area contributed by atoms with Crippen molar-refractivity contribution in [2.75, 3.05) is 13.2 Å². The molecule has 99 valence electrons. The van der Waals surface area contributed by atoms with E-state index in [1.54, 1.807) is 0 Å². The summed E-state index contributed by atoms with van der Waals surface area (Å²) in [6, 6.07) is 19.8. The molecule has 0 saturated carbocycles. The van der Waals surface area contributed by atoms with Crippen molar-refractivity contribution in [1.29, 1.82) is 0 Å². The molecule has 1 radical (unpaired) electrons. The van der Waals surface area contributed by atoms with Crippen molar-refractivity contribution in [3.63, 3.8) is 0 Å². The predicted octanol–water partition coefficient (Wildman–Crippen LogP) is 3.50. The zero-order valence-electron chi connectivity index (χ0n) is 10.8. The molecule has 1 aliphatic heterocycles. The monoisotopic (exact) mass is 265 g/mol. The molecule has 0 aliphatic carbocycles. The summed E-state index contributed by atoms with van der Waals surface area (Å²) in [5.41, 5.74) is 0. The Morgan fingerprint density at radius 1 is 0.900 bits per heavy atom. The smallest absolute Gasteiger partial charge is 0.316 e. The van der Waals surface area contributed by atoms with Crippen molar-refractivity contribution in [2.24, 2.45) is 0 Å². The molecular weight excluding hydrogens is 252 g/mol. The molecule has 20 heavy (non-hydrogen) atoms. The Bertz CT molecular complexity index is 760. The van der Waals surface area contributed by atoms with E-state index >= 15 is 0 Å². The summed E-state index contributed by atoms with van der Waals surface area (Å²) in [7, 11) is 0. The van der Waals surface area contributed by atoms with Gasteiger partial charge in [-0.05, 0) is 39.7 Å². The van der Waals surface area contributed by atoms with Gasteiger partial charge >= 0.3 is 6.48 Å². The molecule has 3 aromatic carbocycles. The quantitative estimate of drug-likeness (QED) is 0.664. The van der Waals surface area contributed by atoms with Gasteiger partial charge in [0.05, 0.1) is 13.2 Å². The van der Waals surface area contributed by atoms with Crippen molar-refractivity contribution in [3.8, 4) is 5.75 Å². The van der Waals surface area contributed by atoms with Gasteiger partial charge in [-0.2, -0.15) is 0 Å². The Morgan fingerprint density at radius 3 is 2.45 bits per heavy atom. The zero-order chi connectivity index (χ0) is 13.4.